The van der Waals surface area contributed by atoms with Crippen molar-refractivity contribution in [3.05, 3.63) is 24.3 Å². The largest absolute Gasteiger partial charge is 0.389 e. The third kappa shape index (κ3) is 4.33. The van der Waals surface area contributed by atoms with Gasteiger partial charge in [0.25, 0.3) is 0 Å². The Morgan fingerprint density at radius 3 is 2.39 bits per heavy atom. The average Bonchev–Trinajstić information content (AvgIpc) is 2.31. The van der Waals surface area contributed by atoms with E-state index < -0.39 is 5.60 Å². The number of nitrogens with zero attached hydrogens (tertiary/aromatic N) is 4. The Morgan fingerprint density at radius 2 is 1.83 bits per heavy atom. The van der Waals surface area contributed by atoms with Crippen LogP contribution in [0.4, 0.5) is 0 Å². The van der Waals surface area contributed by atoms with E-state index in [1.54, 1.807) is 12.4 Å². The molecule has 2 rings (SSSR count). The fourth-order valence-electron chi connectivity index (χ4n) is 2.29. The summed E-state index contributed by atoms with van der Waals surface area (Å²) in [5.41, 5.74) is 0.418. The Balaban J connectivity index is 1.77. The summed E-state index contributed by atoms with van der Waals surface area (Å²) in [5.74, 6) is 0. The third-order valence-corrected chi connectivity index (χ3v) is 3.08. The summed E-state index contributed by atoms with van der Waals surface area (Å²) in [6, 6.07) is 0. The van der Waals surface area contributed by atoms with E-state index in [0.717, 1.165) is 45.0 Å². The number of aromatic nitrogens is 2. The van der Waals surface area contributed by atoms with Crippen molar-refractivity contribution in [3.63, 3.8) is 0 Å². The molecule has 0 amide bonds. The molecule has 1 aliphatic heterocycles. The summed E-state index contributed by atoms with van der Waals surface area (Å²) in [6.45, 7) is 9.38. The van der Waals surface area contributed by atoms with Crippen LogP contribution in [0.5, 0.6) is 0 Å². The van der Waals surface area contributed by atoms with Gasteiger partial charge in [-0.15, -0.1) is 0 Å². The van der Waals surface area contributed by atoms with Crippen molar-refractivity contribution in [1.29, 1.82) is 0 Å². The van der Waals surface area contributed by atoms with Crippen LogP contribution >= 0.6 is 0 Å². The second-order valence-electron chi connectivity index (χ2n) is 5.56. The Hall–Kier alpha value is -1.04. The number of piperazine rings is 1. The minimum atomic E-state index is -0.604. The lowest BCUT2D eigenvalue weighted by molar-refractivity contribution is 0.0165. The summed E-state index contributed by atoms with van der Waals surface area (Å²) >= 11 is 0. The van der Waals surface area contributed by atoms with Gasteiger partial charge in [-0.1, -0.05) is 0 Å². The molecule has 0 bridgehead atoms. The summed E-state index contributed by atoms with van der Waals surface area (Å²) in [4.78, 5) is 13.1. The van der Waals surface area contributed by atoms with Gasteiger partial charge in [-0.25, -0.2) is 0 Å². The van der Waals surface area contributed by atoms with Gasteiger partial charge in [0, 0.05) is 57.9 Å². The topological polar surface area (TPSA) is 52.5 Å². The molecule has 1 aromatic rings. The summed E-state index contributed by atoms with van der Waals surface area (Å²) in [6.07, 6.45) is 5.26. The Morgan fingerprint density at radius 1 is 1.17 bits per heavy atom. The molecule has 100 valence electrons. The molecule has 1 aliphatic rings. The van der Waals surface area contributed by atoms with Crippen LogP contribution in [0.1, 0.15) is 19.5 Å². The maximum Gasteiger partial charge on any atom is 0.0726 e. The number of β-amino-alcohol motifs (C(OH)–C–C–N with tert-alkyl or cyclic N) is 1. The molecule has 18 heavy (non-hydrogen) atoms. The molecular formula is C13H22N4O. The Labute approximate surface area is 108 Å². The fraction of sp³-hybridized carbons (Fsp3) is 0.692. The molecule has 0 radical (unpaired) electrons. The van der Waals surface area contributed by atoms with Crippen LogP contribution in [0.3, 0.4) is 0 Å². The minimum Gasteiger partial charge on any atom is -0.389 e. The molecule has 0 unspecified atom stereocenters. The molecule has 0 saturated carbocycles. The zero-order valence-electron chi connectivity index (χ0n) is 11.2. The van der Waals surface area contributed by atoms with Crippen LogP contribution in [0.15, 0.2) is 18.6 Å². The predicted molar refractivity (Wildman–Crippen MR) is 70.0 cm³/mol. The van der Waals surface area contributed by atoms with Gasteiger partial charge in [0.15, 0.2) is 0 Å². The van der Waals surface area contributed by atoms with E-state index in [0.29, 0.717) is 0 Å². The lowest BCUT2D eigenvalue weighted by Gasteiger charge is -2.37. The highest BCUT2D eigenvalue weighted by atomic mass is 16.3. The summed E-state index contributed by atoms with van der Waals surface area (Å²) < 4.78 is 0. The van der Waals surface area contributed by atoms with E-state index in [4.69, 9.17) is 0 Å². The van der Waals surface area contributed by atoms with Crippen LogP contribution in [0.2, 0.25) is 0 Å². The Bertz CT molecular complexity index is 355. The van der Waals surface area contributed by atoms with Gasteiger partial charge in [-0.2, -0.15) is 0 Å². The highest BCUT2D eigenvalue weighted by Crippen LogP contribution is 2.10. The second kappa shape index (κ2) is 5.73. The van der Waals surface area contributed by atoms with Crippen molar-refractivity contribution in [3.8, 4) is 0 Å². The highest BCUT2D eigenvalue weighted by Gasteiger charge is 2.22. The highest BCUT2D eigenvalue weighted by molar-refractivity contribution is 4.95. The van der Waals surface area contributed by atoms with Crippen molar-refractivity contribution in [1.82, 2.24) is 19.8 Å². The number of rotatable bonds is 4. The van der Waals surface area contributed by atoms with Gasteiger partial charge in [0.2, 0.25) is 0 Å². The minimum absolute atomic E-state index is 0.604. The van der Waals surface area contributed by atoms with Crippen LogP contribution in [-0.2, 0) is 6.54 Å². The molecule has 0 atom stereocenters. The zero-order chi connectivity index (χ0) is 13.0. The zero-order valence-corrected chi connectivity index (χ0v) is 11.2. The SMILES string of the molecule is CC(C)(O)CN1CCN(Cc2cnccn2)CC1. The molecule has 5 nitrogen and oxygen atoms in total. The van der Waals surface area contributed by atoms with E-state index in [-0.39, 0.29) is 0 Å². The normalized spacial score (nSPS) is 19.1. The standard InChI is InChI=1S/C13H22N4O/c1-13(2,18)11-17-7-5-16(6-8-17)10-12-9-14-3-4-15-12/h3-4,9,18H,5-8,10-11H2,1-2H3. The first kappa shape index (κ1) is 13.4. The molecule has 5 heteroatoms. The first-order valence-electron chi connectivity index (χ1n) is 6.45. The number of aliphatic hydroxyl groups is 1. The van der Waals surface area contributed by atoms with Crippen molar-refractivity contribution in [2.75, 3.05) is 32.7 Å². The van der Waals surface area contributed by atoms with Gasteiger partial charge in [0.05, 0.1) is 11.3 Å². The molecule has 1 aromatic heterocycles. The average molecular weight is 250 g/mol. The van der Waals surface area contributed by atoms with E-state index >= 15 is 0 Å². The quantitative estimate of drug-likeness (QED) is 0.836. The molecular weight excluding hydrogens is 228 g/mol. The van der Waals surface area contributed by atoms with Crippen LogP contribution in [-0.4, -0.2) is 63.2 Å². The molecule has 1 fully saturated rings. The van der Waals surface area contributed by atoms with Gasteiger partial charge in [0.1, 0.15) is 0 Å². The van der Waals surface area contributed by atoms with Crippen LogP contribution < -0.4 is 0 Å². The van der Waals surface area contributed by atoms with Gasteiger partial charge in [-0.3, -0.25) is 19.8 Å². The maximum atomic E-state index is 9.80. The first-order chi connectivity index (χ1) is 8.53. The third-order valence-electron chi connectivity index (χ3n) is 3.08. The molecule has 2 heterocycles. The summed E-state index contributed by atoms with van der Waals surface area (Å²) in [5, 5.41) is 9.80. The van der Waals surface area contributed by atoms with Crippen molar-refractivity contribution >= 4 is 0 Å². The Kier molecular flexibility index (Phi) is 4.27. The van der Waals surface area contributed by atoms with E-state index in [1.807, 2.05) is 20.0 Å². The van der Waals surface area contributed by atoms with E-state index in [2.05, 4.69) is 19.8 Å². The van der Waals surface area contributed by atoms with Crippen molar-refractivity contribution < 1.29 is 5.11 Å². The first-order valence-corrected chi connectivity index (χ1v) is 6.45. The lowest BCUT2D eigenvalue weighted by atomic mass is 10.1. The second-order valence-corrected chi connectivity index (χ2v) is 5.56. The van der Waals surface area contributed by atoms with Gasteiger partial charge in [-0.05, 0) is 13.8 Å². The molecule has 1 N–H and O–H groups in total. The van der Waals surface area contributed by atoms with Crippen molar-refractivity contribution in [2.45, 2.75) is 26.0 Å². The van der Waals surface area contributed by atoms with Crippen molar-refractivity contribution in [2.24, 2.45) is 0 Å². The van der Waals surface area contributed by atoms with Crippen LogP contribution in [0, 0.1) is 0 Å². The van der Waals surface area contributed by atoms with E-state index in [9.17, 15) is 5.11 Å². The molecule has 0 spiro atoms. The smallest absolute Gasteiger partial charge is 0.0726 e. The van der Waals surface area contributed by atoms with Crippen LogP contribution in [0.25, 0.3) is 0 Å². The molecule has 1 saturated heterocycles. The molecule has 0 aromatic carbocycles. The maximum absolute atomic E-state index is 9.80. The fourth-order valence-corrected chi connectivity index (χ4v) is 2.29. The predicted octanol–water partition coefficient (Wildman–Crippen LogP) is 0.365. The monoisotopic (exact) mass is 250 g/mol. The number of hydrogen-bond acceptors (Lipinski definition) is 5. The van der Waals surface area contributed by atoms with Gasteiger partial charge >= 0.3 is 0 Å². The lowest BCUT2D eigenvalue weighted by Crippen LogP contribution is -2.50. The van der Waals surface area contributed by atoms with E-state index in [1.165, 1.54) is 0 Å². The molecule has 0 aliphatic carbocycles. The number of hydrogen-bond donors (Lipinski definition) is 1. The summed E-state index contributed by atoms with van der Waals surface area (Å²) in [7, 11) is 0. The van der Waals surface area contributed by atoms with Gasteiger partial charge < -0.3 is 5.11 Å².